The van der Waals surface area contributed by atoms with E-state index in [4.69, 9.17) is 5.73 Å². The fraction of sp³-hybridized carbons (Fsp3) is 0.462. The van der Waals surface area contributed by atoms with Crippen LogP contribution in [0.2, 0.25) is 0 Å². The van der Waals surface area contributed by atoms with Crippen LogP contribution in [0, 0.1) is 17.7 Å². The molecule has 0 radical (unpaired) electrons. The van der Waals surface area contributed by atoms with Gasteiger partial charge in [0.25, 0.3) is 0 Å². The minimum Gasteiger partial charge on any atom is -0.369 e. The van der Waals surface area contributed by atoms with Crippen LogP contribution in [0.3, 0.4) is 0 Å². The lowest BCUT2D eigenvalue weighted by Gasteiger charge is -2.17. The minimum absolute atomic E-state index is 0.254. The lowest BCUT2D eigenvalue weighted by Crippen LogP contribution is -2.14. The molecule has 0 aliphatic heterocycles. The SMILES string of the molecule is CC(C)C(C)Cn1c(N)nc2ccc(F)cc21. The molecule has 2 rings (SSSR count). The summed E-state index contributed by atoms with van der Waals surface area (Å²) < 4.78 is 15.1. The van der Waals surface area contributed by atoms with E-state index in [0.717, 1.165) is 17.6 Å². The zero-order chi connectivity index (χ0) is 12.6. The van der Waals surface area contributed by atoms with Gasteiger partial charge in [-0.2, -0.15) is 0 Å². The van der Waals surface area contributed by atoms with E-state index in [-0.39, 0.29) is 5.82 Å². The Morgan fingerprint density at radius 2 is 2.06 bits per heavy atom. The lowest BCUT2D eigenvalue weighted by atomic mass is 9.98. The number of hydrogen-bond acceptors (Lipinski definition) is 2. The molecule has 0 fully saturated rings. The Morgan fingerprint density at radius 3 is 2.71 bits per heavy atom. The molecule has 4 heteroatoms. The van der Waals surface area contributed by atoms with Crippen LogP contribution in [-0.4, -0.2) is 9.55 Å². The Morgan fingerprint density at radius 1 is 1.35 bits per heavy atom. The highest BCUT2D eigenvalue weighted by Crippen LogP contribution is 2.22. The van der Waals surface area contributed by atoms with Gasteiger partial charge < -0.3 is 10.3 Å². The molecule has 0 saturated heterocycles. The number of anilines is 1. The topological polar surface area (TPSA) is 43.8 Å². The van der Waals surface area contributed by atoms with Crippen molar-refractivity contribution >= 4 is 17.0 Å². The van der Waals surface area contributed by atoms with Gasteiger partial charge in [0, 0.05) is 6.54 Å². The van der Waals surface area contributed by atoms with E-state index in [1.54, 1.807) is 6.07 Å². The van der Waals surface area contributed by atoms with Gasteiger partial charge >= 0.3 is 0 Å². The first-order valence-electron chi connectivity index (χ1n) is 5.90. The van der Waals surface area contributed by atoms with Gasteiger partial charge in [-0.3, -0.25) is 0 Å². The molecule has 0 amide bonds. The zero-order valence-electron chi connectivity index (χ0n) is 10.4. The van der Waals surface area contributed by atoms with Crippen molar-refractivity contribution in [1.29, 1.82) is 0 Å². The standard InChI is InChI=1S/C13H18FN3/c1-8(2)9(3)7-17-12-6-10(14)4-5-11(12)16-13(17)15/h4-6,8-9H,7H2,1-3H3,(H2,15,16). The lowest BCUT2D eigenvalue weighted by molar-refractivity contribution is 0.371. The fourth-order valence-electron chi connectivity index (χ4n) is 1.81. The van der Waals surface area contributed by atoms with Gasteiger partial charge in [-0.1, -0.05) is 20.8 Å². The summed E-state index contributed by atoms with van der Waals surface area (Å²) in [4.78, 5) is 4.24. The van der Waals surface area contributed by atoms with Gasteiger partial charge in [-0.25, -0.2) is 9.37 Å². The molecule has 92 valence electrons. The highest BCUT2D eigenvalue weighted by molar-refractivity contribution is 5.78. The third kappa shape index (κ3) is 2.25. The van der Waals surface area contributed by atoms with Crippen molar-refractivity contribution in [3.05, 3.63) is 24.0 Å². The predicted molar refractivity (Wildman–Crippen MR) is 68.1 cm³/mol. The van der Waals surface area contributed by atoms with E-state index in [9.17, 15) is 4.39 Å². The van der Waals surface area contributed by atoms with Gasteiger partial charge in [0.1, 0.15) is 5.82 Å². The highest BCUT2D eigenvalue weighted by Gasteiger charge is 2.14. The van der Waals surface area contributed by atoms with Gasteiger partial charge in [-0.05, 0) is 30.0 Å². The number of rotatable bonds is 3. The normalized spacial score (nSPS) is 13.5. The number of benzene rings is 1. The monoisotopic (exact) mass is 235 g/mol. The fourth-order valence-corrected chi connectivity index (χ4v) is 1.81. The molecule has 1 atom stereocenters. The van der Waals surface area contributed by atoms with E-state index in [0.29, 0.717) is 17.8 Å². The maximum absolute atomic E-state index is 13.2. The van der Waals surface area contributed by atoms with Crippen molar-refractivity contribution in [2.24, 2.45) is 11.8 Å². The molecule has 17 heavy (non-hydrogen) atoms. The molecular weight excluding hydrogens is 217 g/mol. The number of fused-ring (bicyclic) bond motifs is 1. The molecule has 2 N–H and O–H groups in total. The van der Waals surface area contributed by atoms with Crippen LogP contribution in [0.15, 0.2) is 18.2 Å². The van der Waals surface area contributed by atoms with E-state index in [2.05, 4.69) is 25.8 Å². The summed E-state index contributed by atoms with van der Waals surface area (Å²) in [6.07, 6.45) is 0. The minimum atomic E-state index is -0.254. The Labute approximate surface area is 100 Å². The molecule has 3 nitrogen and oxygen atoms in total. The third-order valence-electron chi connectivity index (χ3n) is 3.35. The number of imidazole rings is 1. The largest absolute Gasteiger partial charge is 0.369 e. The van der Waals surface area contributed by atoms with E-state index in [1.165, 1.54) is 12.1 Å². The summed E-state index contributed by atoms with van der Waals surface area (Å²) in [6.45, 7) is 7.26. The van der Waals surface area contributed by atoms with Crippen molar-refractivity contribution < 1.29 is 4.39 Å². The van der Waals surface area contributed by atoms with Gasteiger partial charge in [0.15, 0.2) is 0 Å². The van der Waals surface area contributed by atoms with Crippen LogP contribution in [0.5, 0.6) is 0 Å². The van der Waals surface area contributed by atoms with Crippen molar-refractivity contribution in [2.45, 2.75) is 27.3 Å². The second kappa shape index (κ2) is 4.35. The van der Waals surface area contributed by atoms with E-state index < -0.39 is 0 Å². The van der Waals surface area contributed by atoms with Crippen LogP contribution in [-0.2, 0) is 6.54 Å². The van der Waals surface area contributed by atoms with E-state index >= 15 is 0 Å². The molecule has 0 spiro atoms. The Balaban J connectivity index is 2.45. The molecule has 0 saturated carbocycles. The molecule has 1 aromatic carbocycles. The first-order valence-corrected chi connectivity index (χ1v) is 5.90. The summed E-state index contributed by atoms with van der Waals surface area (Å²) in [5.74, 6) is 1.23. The quantitative estimate of drug-likeness (QED) is 0.888. The molecule has 1 unspecified atom stereocenters. The molecular formula is C13H18FN3. The second-order valence-corrected chi connectivity index (χ2v) is 4.93. The van der Waals surface area contributed by atoms with Gasteiger partial charge in [0.2, 0.25) is 5.95 Å². The van der Waals surface area contributed by atoms with Crippen LogP contribution in [0.1, 0.15) is 20.8 Å². The third-order valence-corrected chi connectivity index (χ3v) is 3.35. The molecule has 1 heterocycles. The first kappa shape index (κ1) is 11.9. The van der Waals surface area contributed by atoms with Crippen molar-refractivity contribution in [1.82, 2.24) is 9.55 Å². The number of aromatic nitrogens is 2. The first-order chi connectivity index (χ1) is 7.99. The zero-order valence-corrected chi connectivity index (χ0v) is 10.4. The molecule has 0 aliphatic rings. The van der Waals surface area contributed by atoms with Crippen molar-refractivity contribution in [2.75, 3.05) is 5.73 Å². The summed E-state index contributed by atoms with van der Waals surface area (Å²) in [5.41, 5.74) is 7.40. The summed E-state index contributed by atoms with van der Waals surface area (Å²) in [7, 11) is 0. The Hall–Kier alpha value is -1.58. The van der Waals surface area contributed by atoms with Gasteiger partial charge in [0.05, 0.1) is 11.0 Å². The molecule has 0 bridgehead atoms. The van der Waals surface area contributed by atoms with Crippen LogP contribution in [0.4, 0.5) is 10.3 Å². The van der Waals surface area contributed by atoms with E-state index in [1.807, 2.05) is 4.57 Å². The predicted octanol–water partition coefficient (Wildman–Crippen LogP) is 3.05. The summed E-state index contributed by atoms with van der Waals surface area (Å²) in [6, 6.07) is 4.56. The Kier molecular flexibility index (Phi) is 3.05. The average molecular weight is 235 g/mol. The summed E-state index contributed by atoms with van der Waals surface area (Å²) >= 11 is 0. The average Bonchev–Trinajstić information content (AvgIpc) is 2.55. The molecule has 1 aromatic heterocycles. The highest BCUT2D eigenvalue weighted by atomic mass is 19.1. The number of nitrogens with two attached hydrogens (primary N) is 1. The van der Waals surface area contributed by atoms with Crippen LogP contribution < -0.4 is 5.73 Å². The summed E-state index contributed by atoms with van der Waals surface area (Å²) in [5, 5.41) is 0. The maximum atomic E-state index is 13.2. The van der Waals surface area contributed by atoms with Crippen molar-refractivity contribution in [3.8, 4) is 0 Å². The number of hydrogen-bond donors (Lipinski definition) is 1. The second-order valence-electron chi connectivity index (χ2n) is 4.93. The smallest absolute Gasteiger partial charge is 0.201 e. The van der Waals surface area contributed by atoms with Crippen molar-refractivity contribution in [3.63, 3.8) is 0 Å². The Bertz CT molecular complexity index is 531. The number of nitrogens with zero attached hydrogens (tertiary/aromatic N) is 2. The molecule has 2 aromatic rings. The molecule has 0 aliphatic carbocycles. The van der Waals surface area contributed by atoms with Gasteiger partial charge in [-0.15, -0.1) is 0 Å². The number of halogens is 1. The maximum Gasteiger partial charge on any atom is 0.201 e. The van der Waals surface area contributed by atoms with Crippen LogP contribution in [0.25, 0.3) is 11.0 Å². The number of nitrogen functional groups attached to an aromatic ring is 1. The van der Waals surface area contributed by atoms with Crippen LogP contribution >= 0.6 is 0 Å².